The number of hydrogen-bond donors (Lipinski definition) is 3. The van der Waals surface area contributed by atoms with Gasteiger partial charge in [-0.25, -0.2) is 10.8 Å². The Morgan fingerprint density at radius 3 is 2.86 bits per heavy atom. The average molecular weight is 196 g/mol. The molecule has 0 spiro atoms. The monoisotopic (exact) mass is 196 g/mol. The SMILES string of the molecule is NC1=NC(NC=O)=NC(C2CC2)N1N. The van der Waals surface area contributed by atoms with Crippen LogP contribution in [-0.4, -0.2) is 29.5 Å². The van der Waals surface area contributed by atoms with Gasteiger partial charge < -0.3 is 5.73 Å². The van der Waals surface area contributed by atoms with E-state index in [0.29, 0.717) is 12.3 Å². The predicted octanol–water partition coefficient (Wildman–Crippen LogP) is -1.67. The number of carbonyl (C=O) groups is 1. The van der Waals surface area contributed by atoms with E-state index in [1.54, 1.807) is 0 Å². The van der Waals surface area contributed by atoms with Crippen LogP contribution in [0.1, 0.15) is 12.8 Å². The van der Waals surface area contributed by atoms with E-state index >= 15 is 0 Å². The van der Waals surface area contributed by atoms with Crippen LogP contribution >= 0.6 is 0 Å². The summed E-state index contributed by atoms with van der Waals surface area (Å²) in [6, 6.07) is 0. The predicted molar refractivity (Wildman–Crippen MR) is 50.8 cm³/mol. The van der Waals surface area contributed by atoms with E-state index in [0.717, 1.165) is 12.8 Å². The van der Waals surface area contributed by atoms with Crippen molar-refractivity contribution in [3.05, 3.63) is 0 Å². The van der Waals surface area contributed by atoms with E-state index in [-0.39, 0.29) is 18.1 Å². The van der Waals surface area contributed by atoms with E-state index < -0.39 is 0 Å². The lowest BCUT2D eigenvalue weighted by atomic mass is 10.3. The largest absolute Gasteiger partial charge is 0.368 e. The van der Waals surface area contributed by atoms with E-state index in [4.69, 9.17) is 11.6 Å². The summed E-state index contributed by atoms with van der Waals surface area (Å²) in [6.45, 7) is 0. The molecule has 7 heteroatoms. The fourth-order valence-corrected chi connectivity index (χ4v) is 1.37. The van der Waals surface area contributed by atoms with Gasteiger partial charge in [-0.15, -0.1) is 0 Å². The average Bonchev–Trinajstić information content (AvgIpc) is 2.94. The minimum Gasteiger partial charge on any atom is -0.368 e. The van der Waals surface area contributed by atoms with Gasteiger partial charge in [0.1, 0.15) is 6.17 Å². The number of rotatable bonds is 2. The Morgan fingerprint density at radius 2 is 2.29 bits per heavy atom. The Morgan fingerprint density at radius 1 is 1.57 bits per heavy atom. The van der Waals surface area contributed by atoms with E-state index in [1.165, 1.54) is 5.01 Å². The number of guanidine groups is 2. The first-order chi connectivity index (χ1) is 6.72. The molecule has 0 radical (unpaired) electrons. The summed E-state index contributed by atoms with van der Waals surface area (Å²) in [6.07, 6.45) is 2.51. The van der Waals surface area contributed by atoms with Gasteiger partial charge in [-0.1, -0.05) is 0 Å². The molecule has 1 saturated carbocycles. The summed E-state index contributed by atoms with van der Waals surface area (Å²) in [5.74, 6) is 6.52. The Kier molecular flexibility index (Phi) is 2.08. The normalized spacial score (nSPS) is 26.6. The second-order valence-electron chi connectivity index (χ2n) is 3.34. The molecule has 0 saturated heterocycles. The molecule has 1 aliphatic carbocycles. The Bertz CT molecular complexity index is 307. The molecule has 1 atom stereocenters. The molecule has 14 heavy (non-hydrogen) atoms. The van der Waals surface area contributed by atoms with Crippen LogP contribution in [0.4, 0.5) is 0 Å². The fraction of sp³-hybridized carbons (Fsp3) is 0.571. The molecule has 0 bridgehead atoms. The van der Waals surface area contributed by atoms with Gasteiger partial charge in [0.15, 0.2) is 0 Å². The molecule has 1 amide bonds. The molecule has 1 unspecified atom stereocenters. The summed E-state index contributed by atoms with van der Waals surface area (Å²) >= 11 is 0. The van der Waals surface area contributed by atoms with Crippen molar-refractivity contribution < 1.29 is 4.79 Å². The van der Waals surface area contributed by atoms with Gasteiger partial charge in [-0.05, 0) is 12.8 Å². The van der Waals surface area contributed by atoms with Crippen LogP contribution in [0.2, 0.25) is 0 Å². The van der Waals surface area contributed by atoms with Crippen LogP contribution in [0.3, 0.4) is 0 Å². The highest BCUT2D eigenvalue weighted by molar-refractivity contribution is 5.99. The van der Waals surface area contributed by atoms with Crippen LogP contribution in [0.5, 0.6) is 0 Å². The Hall–Kier alpha value is -1.63. The molecular weight excluding hydrogens is 184 g/mol. The van der Waals surface area contributed by atoms with Crippen molar-refractivity contribution in [3.8, 4) is 0 Å². The van der Waals surface area contributed by atoms with Gasteiger partial charge in [0.2, 0.25) is 18.3 Å². The van der Waals surface area contributed by atoms with E-state index in [9.17, 15) is 4.79 Å². The highest BCUT2D eigenvalue weighted by atomic mass is 16.1. The molecule has 1 aliphatic heterocycles. The third kappa shape index (κ3) is 1.53. The lowest BCUT2D eigenvalue weighted by Gasteiger charge is -2.28. The van der Waals surface area contributed by atoms with Crippen LogP contribution in [0.25, 0.3) is 0 Å². The maximum atomic E-state index is 10.2. The quantitative estimate of drug-likeness (QED) is 0.362. The molecule has 2 rings (SSSR count). The lowest BCUT2D eigenvalue weighted by Crippen LogP contribution is -2.53. The highest BCUT2D eigenvalue weighted by Crippen LogP contribution is 2.35. The van der Waals surface area contributed by atoms with Gasteiger partial charge in [0.25, 0.3) is 0 Å². The van der Waals surface area contributed by atoms with Crippen molar-refractivity contribution in [2.75, 3.05) is 0 Å². The van der Waals surface area contributed by atoms with Crippen LogP contribution < -0.4 is 16.9 Å². The second kappa shape index (κ2) is 3.26. The summed E-state index contributed by atoms with van der Waals surface area (Å²) in [7, 11) is 0. The maximum absolute atomic E-state index is 10.2. The van der Waals surface area contributed by atoms with Crippen molar-refractivity contribution in [1.82, 2.24) is 10.3 Å². The minimum absolute atomic E-state index is 0.182. The minimum atomic E-state index is -0.185. The zero-order chi connectivity index (χ0) is 10.1. The molecular formula is C7H12N6O. The highest BCUT2D eigenvalue weighted by Gasteiger charge is 2.37. The zero-order valence-corrected chi connectivity index (χ0v) is 7.55. The number of hydrogen-bond acceptors (Lipinski definition) is 6. The topological polar surface area (TPSA) is 109 Å². The van der Waals surface area contributed by atoms with Crippen molar-refractivity contribution >= 4 is 18.3 Å². The summed E-state index contributed by atoms with van der Waals surface area (Å²) in [5, 5.41) is 3.71. The van der Waals surface area contributed by atoms with E-state index in [1.807, 2.05) is 0 Å². The van der Waals surface area contributed by atoms with Gasteiger partial charge in [-0.2, -0.15) is 4.99 Å². The van der Waals surface area contributed by atoms with Crippen LogP contribution in [0, 0.1) is 5.92 Å². The Balaban J connectivity index is 2.17. The third-order valence-corrected chi connectivity index (χ3v) is 2.26. The molecule has 7 nitrogen and oxygen atoms in total. The van der Waals surface area contributed by atoms with Crippen molar-refractivity contribution in [2.24, 2.45) is 27.5 Å². The maximum Gasteiger partial charge on any atom is 0.229 e. The number of amides is 1. The Labute approximate surface area is 80.8 Å². The molecule has 2 aliphatic rings. The van der Waals surface area contributed by atoms with Crippen molar-refractivity contribution in [2.45, 2.75) is 19.0 Å². The van der Waals surface area contributed by atoms with Gasteiger partial charge in [0, 0.05) is 5.92 Å². The van der Waals surface area contributed by atoms with Crippen molar-refractivity contribution in [3.63, 3.8) is 0 Å². The number of nitrogens with two attached hydrogens (primary N) is 2. The van der Waals surface area contributed by atoms with Gasteiger partial charge >= 0.3 is 0 Å². The van der Waals surface area contributed by atoms with Gasteiger partial charge in [0.05, 0.1) is 0 Å². The van der Waals surface area contributed by atoms with Gasteiger partial charge in [-0.3, -0.25) is 15.1 Å². The third-order valence-electron chi connectivity index (χ3n) is 2.26. The number of aliphatic imine (C=N–C) groups is 2. The first-order valence-electron chi connectivity index (χ1n) is 4.38. The fourth-order valence-electron chi connectivity index (χ4n) is 1.37. The number of nitrogens with zero attached hydrogens (tertiary/aromatic N) is 3. The lowest BCUT2D eigenvalue weighted by molar-refractivity contribution is -0.108. The second-order valence-corrected chi connectivity index (χ2v) is 3.34. The summed E-state index contributed by atoms with van der Waals surface area (Å²) < 4.78 is 0. The molecule has 76 valence electrons. The zero-order valence-electron chi connectivity index (χ0n) is 7.55. The smallest absolute Gasteiger partial charge is 0.229 e. The van der Waals surface area contributed by atoms with Crippen LogP contribution in [0.15, 0.2) is 9.98 Å². The number of nitrogens with one attached hydrogen (secondary N) is 1. The van der Waals surface area contributed by atoms with Crippen LogP contribution in [-0.2, 0) is 4.79 Å². The standard InChI is InChI=1S/C7H12N6O/c8-6-12-7(10-3-14)11-5(13(6)9)4-1-2-4/h3-5H,1-2,9H2,(H3,8,10,11,12,14). The van der Waals surface area contributed by atoms with E-state index in [2.05, 4.69) is 15.3 Å². The summed E-state index contributed by atoms with van der Waals surface area (Å²) in [5.41, 5.74) is 5.57. The molecule has 0 aromatic carbocycles. The number of hydrazine groups is 1. The number of carbonyl (C=O) groups excluding carboxylic acids is 1. The first kappa shape index (κ1) is 8.95. The molecule has 0 aromatic rings. The van der Waals surface area contributed by atoms with Crippen molar-refractivity contribution in [1.29, 1.82) is 0 Å². The molecule has 5 N–H and O–H groups in total. The summed E-state index contributed by atoms with van der Waals surface area (Å²) in [4.78, 5) is 18.2. The molecule has 1 heterocycles. The molecule has 0 aromatic heterocycles. The molecule has 1 fully saturated rings. The first-order valence-corrected chi connectivity index (χ1v) is 4.38.